The van der Waals surface area contributed by atoms with E-state index in [1.54, 1.807) is 0 Å². The molecule has 0 bridgehead atoms. The van der Waals surface area contributed by atoms with Gasteiger partial charge < -0.3 is 5.32 Å². The van der Waals surface area contributed by atoms with Crippen molar-refractivity contribution in [1.82, 2.24) is 10.6 Å². The van der Waals surface area contributed by atoms with Gasteiger partial charge in [-0.05, 0) is 25.5 Å². The number of rotatable bonds is 2. The third-order valence-corrected chi connectivity index (χ3v) is 1.81. The number of carbonyl (C=O) groups excluding carboxylic acids is 2. The zero-order valence-electron chi connectivity index (χ0n) is 6.80. The Morgan fingerprint density at radius 1 is 1.58 bits per heavy atom. The van der Waals surface area contributed by atoms with Gasteiger partial charge in [0.15, 0.2) is 0 Å². The Balaban J connectivity index is 2.36. The SMILES string of the molecule is C=CC(=O)NC(=O)[C@@H]1CCCN1. The van der Waals surface area contributed by atoms with E-state index in [9.17, 15) is 9.59 Å². The van der Waals surface area contributed by atoms with Crippen molar-refractivity contribution in [2.75, 3.05) is 6.54 Å². The fourth-order valence-corrected chi connectivity index (χ4v) is 1.17. The van der Waals surface area contributed by atoms with Crippen LogP contribution in [0.3, 0.4) is 0 Å². The lowest BCUT2D eigenvalue weighted by Crippen LogP contribution is -2.42. The molecule has 0 spiro atoms. The summed E-state index contributed by atoms with van der Waals surface area (Å²) in [4.78, 5) is 21.9. The maximum absolute atomic E-state index is 11.2. The van der Waals surface area contributed by atoms with E-state index in [1.807, 2.05) is 0 Å². The zero-order chi connectivity index (χ0) is 8.97. The van der Waals surface area contributed by atoms with Crippen molar-refractivity contribution in [3.63, 3.8) is 0 Å². The summed E-state index contributed by atoms with van der Waals surface area (Å²) in [5, 5.41) is 5.20. The minimum atomic E-state index is -0.436. The Morgan fingerprint density at radius 2 is 2.33 bits per heavy atom. The molecule has 0 radical (unpaired) electrons. The van der Waals surface area contributed by atoms with E-state index in [-0.39, 0.29) is 11.9 Å². The number of imide groups is 1. The summed E-state index contributed by atoms with van der Waals surface area (Å²) in [6.45, 7) is 4.10. The predicted molar refractivity (Wildman–Crippen MR) is 44.4 cm³/mol. The highest BCUT2D eigenvalue weighted by molar-refractivity contribution is 6.02. The van der Waals surface area contributed by atoms with Crippen LogP contribution >= 0.6 is 0 Å². The first-order valence-corrected chi connectivity index (χ1v) is 3.94. The van der Waals surface area contributed by atoms with E-state index in [2.05, 4.69) is 17.2 Å². The molecule has 4 heteroatoms. The maximum Gasteiger partial charge on any atom is 0.249 e. The quantitative estimate of drug-likeness (QED) is 0.550. The normalized spacial score (nSPS) is 21.8. The molecule has 2 amide bonds. The number of amides is 2. The number of hydrogen-bond donors (Lipinski definition) is 2. The van der Waals surface area contributed by atoms with E-state index in [1.165, 1.54) is 0 Å². The summed E-state index contributed by atoms with van der Waals surface area (Å²) in [5.41, 5.74) is 0. The van der Waals surface area contributed by atoms with Gasteiger partial charge in [0.1, 0.15) is 0 Å². The van der Waals surface area contributed by atoms with Crippen molar-refractivity contribution < 1.29 is 9.59 Å². The van der Waals surface area contributed by atoms with Crippen molar-refractivity contribution in [3.8, 4) is 0 Å². The van der Waals surface area contributed by atoms with Crippen molar-refractivity contribution in [2.24, 2.45) is 0 Å². The topological polar surface area (TPSA) is 58.2 Å². The van der Waals surface area contributed by atoms with E-state index in [4.69, 9.17) is 0 Å². The Labute approximate surface area is 71.0 Å². The fourth-order valence-electron chi connectivity index (χ4n) is 1.17. The molecular formula is C8H12N2O2. The summed E-state index contributed by atoms with van der Waals surface area (Å²) < 4.78 is 0. The van der Waals surface area contributed by atoms with Crippen LogP contribution in [0.4, 0.5) is 0 Å². The lowest BCUT2D eigenvalue weighted by Gasteiger charge is -2.07. The molecule has 66 valence electrons. The molecule has 0 aromatic rings. The number of nitrogens with one attached hydrogen (secondary N) is 2. The van der Waals surface area contributed by atoms with Crippen molar-refractivity contribution in [1.29, 1.82) is 0 Å². The molecule has 1 aliphatic rings. The molecule has 0 aromatic heterocycles. The first-order valence-electron chi connectivity index (χ1n) is 3.94. The van der Waals surface area contributed by atoms with Crippen LogP contribution in [0.2, 0.25) is 0 Å². The summed E-state index contributed by atoms with van der Waals surface area (Å²) >= 11 is 0. The van der Waals surface area contributed by atoms with Gasteiger partial charge in [-0.15, -0.1) is 0 Å². The van der Waals surface area contributed by atoms with Crippen molar-refractivity contribution >= 4 is 11.8 Å². The highest BCUT2D eigenvalue weighted by atomic mass is 16.2. The smallest absolute Gasteiger partial charge is 0.249 e. The molecule has 1 atom stereocenters. The van der Waals surface area contributed by atoms with Crippen molar-refractivity contribution in [2.45, 2.75) is 18.9 Å². The van der Waals surface area contributed by atoms with Crippen LogP contribution in [0.15, 0.2) is 12.7 Å². The van der Waals surface area contributed by atoms with E-state index >= 15 is 0 Å². The molecule has 0 unspecified atom stereocenters. The molecule has 1 rings (SSSR count). The third-order valence-electron chi connectivity index (χ3n) is 1.81. The second-order valence-corrected chi connectivity index (χ2v) is 2.71. The summed E-state index contributed by atoms with van der Waals surface area (Å²) in [5.74, 6) is -0.689. The molecular weight excluding hydrogens is 156 g/mol. The minimum absolute atomic E-state index is 0.200. The van der Waals surface area contributed by atoms with Gasteiger partial charge in [-0.3, -0.25) is 14.9 Å². The third kappa shape index (κ3) is 2.17. The van der Waals surface area contributed by atoms with Crippen LogP contribution in [0.25, 0.3) is 0 Å². The Morgan fingerprint density at radius 3 is 2.83 bits per heavy atom. The van der Waals surface area contributed by atoms with Gasteiger partial charge in [0.05, 0.1) is 6.04 Å². The van der Waals surface area contributed by atoms with Gasteiger partial charge in [-0.1, -0.05) is 6.58 Å². The Bertz CT molecular complexity index is 207. The average molecular weight is 168 g/mol. The minimum Gasteiger partial charge on any atom is -0.306 e. The monoisotopic (exact) mass is 168 g/mol. The molecule has 12 heavy (non-hydrogen) atoms. The maximum atomic E-state index is 11.2. The van der Waals surface area contributed by atoms with Crippen LogP contribution in [0.5, 0.6) is 0 Å². The molecule has 0 saturated carbocycles. The second kappa shape index (κ2) is 4.01. The molecule has 1 saturated heterocycles. The molecule has 0 aliphatic carbocycles. The van der Waals surface area contributed by atoms with E-state index in [0.29, 0.717) is 0 Å². The largest absolute Gasteiger partial charge is 0.306 e. The fraction of sp³-hybridized carbons (Fsp3) is 0.500. The predicted octanol–water partition coefficient (Wildman–Crippen LogP) is -0.433. The van der Waals surface area contributed by atoms with Crippen LogP contribution in [-0.4, -0.2) is 24.4 Å². The molecule has 1 fully saturated rings. The van der Waals surface area contributed by atoms with Crippen LogP contribution < -0.4 is 10.6 Å². The summed E-state index contributed by atoms with van der Waals surface area (Å²) in [6, 6.07) is -0.200. The van der Waals surface area contributed by atoms with Gasteiger partial charge in [-0.25, -0.2) is 0 Å². The average Bonchev–Trinajstić information content (AvgIpc) is 2.56. The van der Waals surface area contributed by atoms with Gasteiger partial charge in [0.25, 0.3) is 0 Å². The highest BCUT2D eigenvalue weighted by Gasteiger charge is 2.22. The molecule has 1 heterocycles. The standard InChI is InChI=1S/C8H12N2O2/c1-2-7(11)10-8(12)6-4-3-5-9-6/h2,6,9H,1,3-5H2,(H,10,11,12)/t6-/m0/s1. The number of carbonyl (C=O) groups is 2. The molecule has 4 nitrogen and oxygen atoms in total. The van der Waals surface area contributed by atoms with Crippen LogP contribution in [0, 0.1) is 0 Å². The second-order valence-electron chi connectivity index (χ2n) is 2.71. The van der Waals surface area contributed by atoms with Gasteiger partial charge in [-0.2, -0.15) is 0 Å². The summed E-state index contributed by atoms with van der Waals surface area (Å²) in [7, 11) is 0. The Kier molecular flexibility index (Phi) is 2.99. The summed E-state index contributed by atoms with van der Waals surface area (Å²) in [6.07, 6.45) is 2.88. The Hall–Kier alpha value is -1.16. The molecule has 0 aromatic carbocycles. The van der Waals surface area contributed by atoms with Crippen LogP contribution in [-0.2, 0) is 9.59 Å². The van der Waals surface area contributed by atoms with E-state index in [0.717, 1.165) is 25.5 Å². The van der Waals surface area contributed by atoms with Gasteiger partial charge in [0, 0.05) is 0 Å². The first kappa shape index (κ1) is 8.93. The first-order chi connectivity index (χ1) is 5.74. The zero-order valence-corrected chi connectivity index (χ0v) is 6.80. The van der Waals surface area contributed by atoms with Gasteiger partial charge >= 0.3 is 0 Å². The molecule has 1 aliphatic heterocycles. The lowest BCUT2D eigenvalue weighted by molar-refractivity contribution is -0.129. The lowest BCUT2D eigenvalue weighted by atomic mass is 10.2. The van der Waals surface area contributed by atoms with E-state index < -0.39 is 5.91 Å². The molecule has 2 N–H and O–H groups in total. The van der Waals surface area contributed by atoms with Gasteiger partial charge in [0.2, 0.25) is 11.8 Å². The van der Waals surface area contributed by atoms with Crippen molar-refractivity contribution in [3.05, 3.63) is 12.7 Å². The number of hydrogen-bond acceptors (Lipinski definition) is 3. The van der Waals surface area contributed by atoms with Crippen LogP contribution in [0.1, 0.15) is 12.8 Å². The highest BCUT2D eigenvalue weighted by Crippen LogP contribution is 2.04.